The van der Waals surface area contributed by atoms with Gasteiger partial charge in [-0.15, -0.1) is 0 Å². The molecule has 27 heavy (non-hydrogen) atoms. The van der Waals surface area contributed by atoms with Crippen LogP contribution < -0.4 is 5.32 Å². The summed E-state index contributed by atoms with van der Waals surface area (Å²) < 4.78 is 15.5. The van der Waals surface area contributed by atoms with Gasteiger partial charge < -0.3 is 5.32 Å². The summed E-state index contributed by atoms with van der Waals surface area (Å²) in [5, 5.41) is 3.19. The van der Waals surface area contributed by atoms with Crippen LogP contribution in [0, 0.1) is 18.7 Å². The zero-order chi connectivity index (χ0) is 19.0. The minimum absolute atomic E-state index is 0.0476. The van der Waals surface area contributed by atoms with E-state index in [-0.39, 0.29) is 17.8 Å². The van der Waals surface area contributed by atoms with E-state index in [2.05, 4.69) is 17.2 Å². The van der Waals surface area contributed by atoms with Crippen LogP contribution >= 0.6 is 0 Å². The summed E-state index contributed by atoms with van der Waals surface area (Å²) in [6, 6.07) is 12.2. The third-order valence-corrected chi connectivity index (χ3v) is 5.58. The molecule has 5 heteroatoms. The van der Waals surface area contributed by atoms with E-state index < -0.39 is 0 Å². The number of nitrogens with zero attached hydrogens (tertiary/aromatic N) is 2. The molecule has 0 spiro atoms. The zero-order valence-corrected chi connectivity index (χ0v) is 15.7. The minimum atomic E-state index is -0.286. The number of rotatable bonds is 3. The molecule has 3 aromatic rings. The van der Waals surface area contributed by atoms with Crippen LogP contribution in [0.15, 0.2) is 42.5 Å². The summed E-state index contributed by atoms with van der Waals surface area (Å²) in [5.74, 6) is 0.940. The Kier molecular flexibility index (Phi) is 4.68. The summed E-state index contributed by atoms with van der Waals surface area (Å²) >= 11 is 0. The van der Waals surface area contributed by atoms with Gasteiger partial charge in [0.15, 0.2) is 0 Å². The van der Waals surface area contributed by atoms with Gasteiger partial charge in [-0.05, 0) is 62.1 Å². The first-order chi connectivity index (χ1) is 13.0. The lowest BCUT2D eigenvalue weighted by molar-refractivity contribution is 0.0910. The van der Waals surface area contributed by atoms with Crippen LogP contribution in [0.1, 0.15) is 48.8 Å². The molecule has 4 rings (SSSR count). The Bertz CT molecular complexity index is 994. The first-order valence-corrected chi connectivity index (χ1v) is 9.59. The zero-order valence-electron chi connectivity index (χ0n) is 15.7. The van der Waals surface area contributed by atoms with Crippen LogP contribution in [0.25, 0.3) is 16.7 Å². The van der Waals surface area contributed by atoms with Crippen LogP contribution in [-0.4, -0.2) is 21.5 Å². The lowest BCUT2D eigenvalue weighted by Gasteiger charge is -2.29. The van der Waals surface area contributed by atoms with Crippen molar-refractivity contribution in [3.63, 3.8) is 0 Å². The van der Waals surface area contributed by atoms with Crippen molar-refractivity contribution in [2.75, 3.05) is 0 Å². The third-order valence-electron chi connectivity index (χ3n) is 5.58. The Labute approximate surface area is 158 Å². The number of imidazole rings is 1. The van der Waals surface area contributed by atoms with E-state index in [0.717, 1.165) is 29.0 Å². The van der Waals surface area contributed by atoms with Gasteiger partial charge in [-0.3, -0.25) is 9.36 Å². The third kappa shape index (κ3) is 3.46. The van der Waals surface area contributed by atoms with E-state index >= 15 is 0 Å². The maximum absolute atomic E-state index is 13.6. The van der Waals surface area contributed by atoms with Crippen molar-refractivity contribution in [3.05, 3.63) is 59.7 Å². The molecule has 2 unspecified atom stereocenters. The van der Waals surface area contributed by atoms with Crippen molar-refractivity contribution in [2.45, 2.75) is 45.6 Å². The second-order valence-corrected chi connectivity index (χ2v) is 7.52. The van der Waals surface area contributed by atoms with E-state index in [1.165, 1.54) is 31.4 Å². The lowest BCUT2D eigenvalue weighted by atomic mass is 9.86. The van der Waals surface area contributed by atoms with Gasteiger partial charge in [0.05, 0.1) is 16.7 Å². The average Bonchev–Trinajstić information content (AvgIpc) is 2.98. The second kappa shape index (κ2) is 7.14. The van der Waals surface area contributed by atoms with Gasteiger partial charge in [0.25, 0.3) is 5.91 Å². The van der Waals surface area contributed by atoms with E-state index in [4.69, 9.17) is 0 Å². The maximum atomic E-state index is 13.6. The highest BCUT2D eigenvalue weighted by atomic mass is 19.1. The largest absolute Gasteiger partial charge is 0.349 e. The Balaban J connectivity index is 1.64. The topological polar surface area (TPSA) is 46.9 Å². The minimum Gasteiger partial charge on any atom is -0.349 e. The van der Waals surface area contributed by atoms with E-state index in [0.29, 0.717) is 11.5 Å². The summed E-state index contributed by atoms with van der Waals surface area (Å²) in [5.41, 5.74) is 2.94. The van der Waals surface area contributed by atoms with E-state index in [1.54, 1.807) is 6.07 Å². The van der Waals surface area contributed by atoms with Gasteiger partial charge in [0, 0.05) is 11.6 Å². The van der Waals surface area contributed by atoms with Crippen molar-refractivity contribution in [1.82, 2.24) is 14.9 Å². The van der Waals surface area contributed by atoms with Gasteiger partial charge in [-0.25, -0.2) is 9.37 Å². The molecule has 0 aliphatic heterocycles. The lowest BCUT2D eigenvalue weighted by Crippen LogP contribution is -2.41. The number of benzene rings is 2. The van der Waals surface area contributed by atoms with Crippen molar-refractivity contribution in [1.29, 1.82) is 0 Å². The molecule has 4 nitrogen and oxygen atoms in total. The van der Waals surface area contributed by atoms with Crippen LogP contribution in [0.4, 0.5) is 4.39 Å². The molecule has 1 saturated carbocycles. The number of nitrogens with one attached hydrogen (secondary N) is 1. The molecule has 0 radical (unpaired) electrons. The molecule has 0 saturated heterocycles. The molecule has 0 bridgehead atoms. The number of hydrogen-bond donors (Lipinski definition) is 1. The fraction of sp³-hybridized carbons (Fsp3) is 0.364. The SMILES string of the molecule is Cc1nc2cc(C(=O)NC3CCCCC3C)ccc2n1-c1cccc(F)c1. The Hall–Kier alpha value is -2.69. The molecule has 140 valence electrons. The van der Waals surface area contributed by atoms with Crippen molar-refractivity contribution in [3.8, 4) is 5.69 Å². The highest BCUT2D eigenvalue weighted by Crippen LogP contribution is 2.25. The van der Waals surface area contributed by atoms with Crippen molar-refractivity contribution in [2.24, 2.45) is 5.92 Å². The normalized spacial score (nSPS) is 20.0. The van der Waals surface area contributed by atoms with Crippen molar-refractivity contribution >= 4 is 16.9 Å². The summed E-state index contributed by atoms with van der Waals surface area (Å²) in [6.07, 6.45) is 4.63. The van der Waals surface area contributed by atoms with Crippen LogP contribution in [0.5, 0.6) is 0 Å². The van der Waals surface area contributed by atoms with Gasteiger partial charge in [-0.2, -0.15) is 0 Å². The number of hydrogen-bond acceptors (Lipinski definition) is 2. The van der Waals surface area contributed by atoms with E-state index in [9.17, 15) is 9.18 Å². The molecule has 1 fully saturated rings. The number of fused-ring (bicyclic) bond motifs is 1. The molecule has 1 aliphatic rings. The van der Waals surface area contributed by atoms with E-state index in [1.807, 2.05) is 35.8 Å². The highest BCUT2D eigenvalue weighted by molar-refractivity contribution is 5.97. The first kappa shape index (κ1) is 17.7. The number of carbonyl (C=O) groups excluding carboxylic acids is 1. The molecule has 1 aromatic heterocycles. The van der Waals surface area contributed by atoms with Crippen LogP contribution in [0.2, 0.25) is 0 Å². The molecular weight excluding hydrogens is 341 g/mol. The number of aryl methyl sites for hydroxylation is 1. The quantitative estimate of drug-likeness (QED) is 0.726. The fourth-order valence-electron chi connectivity index (χ4n) is 4.07. The molecular formula is C22H24FN3O. The van der Waals surface area contributed by atoms with Crippen LogP contribution in [-0.2, 0) is 0 Å². The van der Waals surface area contributed by atoms with Crippen molar-refractivity contribution < 1.29 is 9.18 Å². The number of carbonyl (C=O) groups is 1. The molecule has 2 atom stereocenters. The summed E-state index contributed by atoms with van der Waals surface area (Å²) in [4.78, 5) is 17.3. The monoisotopic (exact) mass is 365 g/mol. The molecule has 1 heterocycles. The number of amides is 1. The molecule has 1 aliphatic carbocycles. The Morgan fingerprint density at radius 1 is 1.19 bits per heavy atom. The fourth-order valence-corrected chi connectivity index (χ4v) is 4.07. The maximum Gasteiger partial charge on any atom is 0.251 e. The second-order valence-electron chi connectivity index (χ2n) is 7.52. The Morgan fingerprint density at radius 2 is 2.00 bits per heavy atom. The number of halogens is 1. The van der Waals surface area contributed by atoms with Gasteiger partial charge in [-0.1, -0.05) is 25.8 Å². The van der Waals surface area contributed by atoms with Gasteiger partial charge in [0.1, 0.15) is 11.6 Å². The van der Waals surface area contributed by atoms with Gasteiger partial charge in [0.2, 0.25) is 0 Å². The smallest absolute Gasteiger partial charge is 0.251 e. The molecule has 1 amide bonds. The highest BCUT2D eigenvalue weighted by Gasteiger charge is 2.23. The predicted molar refractivity (Wildman–Crippen MR) is 105 cm³/mol. The standard InChI is InChI=1S/C22H24FN3O/c1-14-6-3-4-9-19(14)25-22(27)16-10-11-21-20(12-16)24-15(2)26(21)18-8-5-7-17(23)13-18/h5,7-8,10-14,19H,3-4,6,9H2,1-2H3,(H,25,27). The van der Waals surface area contributed by atoms with Crippen LogP contribution in [0.3, 0.4) is 0 Å². The molecule has 1 N–H and O–H groups in total. The summed E-state index contributed by atoms with van der Waals surface area (Å²) in [6.45, 7) is 4.09. The predicted octanol–water partition coefficient (Wildman–Crippen LogP) is 4.78. The summed E-state index contributed by atoms with van der Waals surface area (Å²) in [7, 11) is 0. The molecule has 2 aromatic carbocycles. The number of aromatic nitrogens is 2. The first-order valence-electron chi connectivity index (χ1n) is 9.59. The Morgan fingerprint density at radius 3 is 2.78 bits per heavy atom. The van der Waals surface area contributed by atoms with Gasteiger partial charge >= 0.3 is 0 Å². The average molecular weight is 365 g/mol.